The second kappa shape index (κ2) is 13.3. The van der Waals surface area contributed by atoms with Crippen molar-refractivity contribution in [3.63, 3.8) is 0 Å². The van der Waals surface area contributed by atoms with Crippen molar-refractivity contribution >= 4 is 35.8 Å². The van der Waals surface area contributed by atoms with Crippen LogP contribution in [0.2, 0.25) is 0 Å². The number of halogens is 1. The average molecular weight is 550 g/mol. The predicted molar refractivity (Wildman–Crippen MR) is 141 cm³/mol. The lowest BCUT2D eigenvalue weighted by atomic mass is 10.1. The Labute approximate surface area is 208 Å². The monoisotopic (exact) mass is 550 g/mol. The highest BCUT2D eigenvalue weighted by Crippen LogP contribution is 2.23. The molecule has 1 aliphatic heterocycles. The second-order valence-corrected chi connectivity index (χ2v) is 7.79. The molecule has 1 heterocycles. The molecule has 2 N–H and O–H groups in total. The summed E-state index contributed by atoms with van der Waals surface area (Å²) >= 11 is 0. The Kier molecular flexibility index (Phi) is 10.8. The molecule has 0 atom stereocenters. The fourth-order valence-corrected chi connectivity index (χ4v) is 3.70. The number of hydrogen-bond donors (Lipinski definition) is 2. The Morgan fingerprint density at radius 1 is 1.09 bits per heavy atom. The molecule has 0 aliphatic carbocycles. The molecule has 0 spiro atoms. The first-order valence-electron chi connectivity index (χ1n) is 11.2. The Hall–Kier alpha value is -2.29. The van der Waals surface area contributed by atoms with Crippen LogP contribution in [0.4, 0.5) is 0 Å². The average Bonchev–Trinajstić information content (AvgIpc) is 3.20. The Bertz CT molecular complexity index is 892. The van der Waals surface area contributed by atoms with Crippen LogP contribution < -0.4 is 15.4 Å². The zero-order valence-corrected chi connectivity index (χ0v) is 21.6. The van der Waals surface area contributed by atoms with Crippen molar-refractivity contribution in [2.45, 2.75) is 53.2 Å². The fraction of sp³-hybridized carbons (Fsp3) is 0.440. The van der Waals surface area contributed by atoms with Gasteiger partial charge in [-0.15, -0.1) is 24.0 Å². The minimum Gasteiger partial charge on any atom is -0.494 e. The van der Waals surface area contributed by atoms with Gasteiger partial charge in [-0.05, 0) is 49.9 Å². The van der Waals surface area contributed by atoms with Crippen LogP contribution in [-0.2, 0) is 24.4 Å². The number of carbonyl (C=O) groups is 1. The van der Waals surface area contributed by atoms with E-state index in [0.717, 1.165) is 43.3 Å². The van der Waals surface area contributed by atoms with Gasteiger partial charge in [0.15, 0.2) is 5.96 Å². The summed E-state index contributed by atoms with van der Waals surface area (Å²) in [4.78, 5) is 19.2. The van der Waals surface area contributed by atoms with Gasteiger partial charge in [-0.3, -0.25) is 4.79 Å². The van der Waals surface area contributed by atoms with Crippen LogP contribution >= 0.6 is 24.0 Å². The number of nitrogens with one attached hydrogen (secondary N) is 2. The SMILES string of the molecule is CCNC(=NCc1ccc(C)cc1OCC)NCCCC(=O)N1Cc2ccccc2C1.I. The molecule has 174 valence electrons. The van der Waals surface area contributed by atoms with Crippen LogP contribution in [0.5, 0.6) is 5.75 Å². The highest BCUT2D eigenvalue weighted by Gasteiger charge is 2.22. The van der Waals surface area contributed by atoms with Crippen LogP contribution in [0.15, 0.2) is 47.5 Å². The Morgan fingerprint density at radius 2 is 1.81 bits per heavy atom. The number of nitrogens with zero attached hydrogens (tertiary/aromatic N) is 2. The van der Waals surface area contributed by atoms with Gasteiger partial charge in [0, 0.05) is 38.2 Å². The topological polar surface area (TPSA) is 66.0 Å². The first-order valence-corrected chi connectivity index (χ1v) is 11.2. The number of hydrogen-bond acceptors (Lipinski definition) is 3. The molecule has 0 fully saturated rings. The molecule has 0 aromatic heterocycles. The molecule has 0 radical (unpaired) electrons. The van der Waals surface area contributed by atoms with Crippen LogP contribution in [0.3, 0.4) is 0 Å². The molecule has 0 unspecified atom stereocenters. The summed E-state index contributed by atoms with van der Waals surface area (Å²) < 4.78 is 5.75. The molecule has 7 heteroatoms. The number of guanidine groups is 1. The molecule has 1 amide bonds. The van der Waals surface area contributed by atoms with Crippen molar-refractivity contribution in [1.82, 2.24) is 15.5 Å². The third-order valence-corrected chi connectivity index (χ3v) is 5.33. The zero-order chi connectivity index (χ0) is 22.1. The van der Waals surface area contributed by atoms with Crippen LogP contribution in [-0.4, -0.2) is 36.5 Å². The molecular weight excluding hydrogens is 515 g/mol. The zero-order valence-electron chi connectivity index (χ0n) is 19.3. The van der Waals surface area contributed by atoms with Crippen LogP contribution in [0.1, 0.15) is 48.9 Å². The molecule has 32 heavy (non-hydrogen) atoms. The van der Waals surface area contributed by atoms with E-state index >= 15 is 0 Å². The van der Waals surface area contributed by atoms with Crippen molar-refractivity contribution in [1.29, 1.82) is 0 Å². The van der Waals surface area contributed by atoms with E-state index in [1.165, 1.54) is 16.7 Å². The molecular formula is C25H35IN4O2. The number of aryl methyl sites for hydroxylation is 1. The van der Waals surface area contributed by atoms with Gasteiger partial charge in [0.2, 0.25) is 5.91 Å². The highest BCUT2D eigenvalue weighted by molar-refractivity contribution is 14.0. The number of benzene rings is 2. The van der Waals surface area contributed by atoms with Gasteiger partial charge in [0.05, 0.1) is 13.2 Å². The van der Waals surface area contributed by atoms with E-state index in [2.05, 4.69) is 47.9 Å². The smallest absolute Gasteiger partial charge is 0.223 e. The summed E-state index contributed by atoms with van der Waals surface area (Å²) in [6.07, 6.45) is 1.30. The molecule has 3 rings (SSSR count). The van der Waals surface area contributed by atoms with E-state index in [1.54, 1.807) is 0 Å². The van der Waals surface area contributed by atoms with Crippen molar-refractivity contribution < 1.29 is 9.53 Å². The van der Waals surface area contributed by atoms with E-state index in [1.807, 2.05) is 30.9 Å². The summed E-state index contributed by atoms with van der Waals surface area (Å²) in [5, 5.41) is 6.62. The predicted octanol–water partition coefficient (Wildman–Crippen LogP) is 4.39. The first-order chi connectivity index (χ1) is 15.1. The number of carbonyl (C=O) groups excluding carboxylic acids is 1. The summed E-state index contributed by atoms with van der Waals surface area (Å²) in [5.74, 6) is 1.85. The molecule has 2 aromatic carbocycles. The summed E-state index contributed by atoms with van der Waals surface area (Å²) in [5.41, 5.74) is 4.76. The van der Waals surface area contributed by atoms with Gasteiger partial charge in [-0.25, -0.2) is 4.99 Å². The largest absolute Gasteiger partial charge is 0.494 e. The minimum absolute atomic E-state index is 0. The van der Waals surface area contributed by atoms with Crippen molar-refractivity contribution in [3.8, 4) is 5.75 Å². The van der Waals surface area contributed by atoms with Crippen molar-refractivity contribution in [2.75, 3.05) is 19.7 Å². The van der Waals surface area contributed by atoms with Crippen LogP contribution in [0, 0.1) is 6.92 Å². The lowest BCUT2D eigenvalue weighted by Crippen LogP contribution is -2.38. The standard InChI is InChI=1S/C25H34N4O2.HI/c1-4-26-25(28-16-20-13-12-19(3)15-23(20)31-5-2)27-14-8-11-24(30)29-17-21-9-6-7-10-22(21)18-29;/h6-7,9-10,12-13,15H,4-5,8,11,14,16-18H2,1-3H3,(H2,26,27,28);1H. The molecule has 0 bridgehead atoms. The number of amides is 1. The van der Waals surface area contributed by atoms with Gasteiger partial charge in [-0.1, -0.05) is 36.4 Å². The van der Waals surface area contributed by atoms with E-state index in [0.29, 0.717) is 26.1 Å². The van der Waals surface area contributed by atoms with E-state index in [-0.39, 0.29) is 29.9 Å². The Balaban J connectivity index is 0.00000363. The summed E-state index contributed by atoms with van der Waals surface area (Å²) in [6, 6.07) is 14.5. The van der Waals surface area contributed by atoms with Gasteiger partial charge < -0.3 is 20.3 Å². The maximum atomic E-state index is 12.6. The molecule has 2 aromatic rings. The Morgan fingerprint density at radius 3 is 2.47 bits per heavy atom. The minimum atomic E-state index is 0. The number of ether oxygens (including phenoxy) is 1. The van der Waals surface area contributed by atoms with Gasteiger partial charge in [0.25, 0.3) is 0 Å². The molecule has 0 saturated heterocycles. The molecule has 6 nitrogen and oxygen atoms in total. The maximum Gasteiger partial charge on any atom is 0.223 e. The lowest BCUT2D eigenvalue weighted by Gasteiger charge is -2.16. The number of aliphatic imine (C=N–C) groups is 1. The fourth-order valence-electron chi connectivity index (χ4n) is 3.70. The van der Waals surface area contributed by atoms with Crippen molar-refractivity contribution in [3.05, 3.63) is 64.7 Å². The quantitative estimate of drug-likeness (QED) is 0.211. The van der Waals surface area contributed by atoms with E-state index in [4.69, 9.17) is 9.73 Å². The second-order valence-electron chi connectivity index (χ2n) is 7.79. The summed E-state index contributed by atoms with van der Waals surface area (Å²) in [6.45, 7) is 10.2. The summed E-state index contributed by atoms with van der Waals surface area (Å²) in [7, 11) is 0. The third-order valence-electron chi connectivity index (χ3n) is 5.33. The third kappa shape index (κ3) is 7.39. The number of fused-ring (bicyclic) bond motifs is 1. The van der Waals surface area contributed by atoms with Gasteiger partial charge in [0.1, 0.15) is 5.75 Å². The normalized spacial score (nSPS) is 12.7. The molecule has 1 aliphatic rings. The van der Waals surface area contributed by atoms with E-state index in [9.17, 15) is 4.79 Å². The van der Waals surface area contributed by atoms with Crippen molar-refractivity contribution in [2.24, 2.45) is 4.99 Å². The van der Waals surface area contributed by atoms with Gasteiger partial charge >= 0.3 is 0 Å². The number of rotatable bonds is 9. The highest BCUT2D eigenvalue weighted by atomic mass is 127. The first kappa shape index (κ1) is 26.0. The van der Waals surface area contributed by atoms with Crippen LogP contribution in [0.25, 0.3) is 0 Å². The van der Waals surface area contributed by atoms with E-state index < -0.39 is 0 Å². The lowest BCUT2D eigenvalue weighted by molar-refractivity contribution is -0.131. The molecule has 0 saturated carbocycles. The van der Waals surface area contributed by atoms with Gasteiger partial charge in [-0.2, -0.15) is 0 Å². The maximum absolute atomic E-state index is 12.6.